The van der Waals surface area contributed by atoms with E-state index in [0.717, 1.165) is 25.9 Å². The SMILES string of the molecule is [N-]=[N+]=NCC(=O)N1CCC(N2CCCC2)CC1. The monoisotopic (exact) mass is 237 g/mol. The quantitative estimate of drug-likeness (QED) is 0.422. The Balaban J connectivity index is 1.77. The summed E-state index contributed by atoms with van der Waals surface area (Å²) in [5.74, 6) is -0.0392. The molecule has 2 saturated heterocycles. The van der Waals surface area contributed by atoms with Crippen LogP contribution in [0.3, 0.4) is 0 Å². The molecule has 0 aromatic carbocycles. The number of carbonyl (C=O) groups excluding carboxylic acids is 1. The molecular formula is C11H19N5O. The van der Waals surface area contributed by atoms with E-state index in [2.05, 4.69) is 14.9 Å². The van der Waals surface area contributed by atoms with Crippen molar-refractivity contribution in [2.24, 2.45) is 5.11 Å². The summed E-state index contributed by atoms with van der Waals surface area (Å²) in [6.07, 6.45) is 4.75. The third-order valence-electron chi connectivity index (χ3n) is 3.74. The van der Waals surface area contributed by atoms with E-state index < -0.39 is 0 Å². The zero-order valence-corrected chi connectivity index (χ0v) is 10.1. The summed E-state index contributed by atoms with van der Waals surface area (Å²) in [5, 5.41) is 3.32. The Bertz CT molecular complexity index is 312. The molecule has 0 N–H and O–H groups in total. The van der Waals surface area contributed by atoms with Crippen molar-refractivity contribution in [3.05, 3.63) is 10.4 Å². The van der Waals surface area contributed by atoms with Gasteiger partial charge in [0.1, 0.15) is 6.54 Å². The maximum Gasteiger partial charge on any atom is 0.228 e. The summed E-state index contributed by atoms with van der Waals surface area (Å²) >= 11 is 0. The number of hydrogen-bond donors (Lipinski definition) is 0. The first-order valence-corrected chi connectivity index (χ1v) is 6.34. The Morgan fingerprint density at radius 3 is 2.47 bits per heavy atom. The Morgan fingerprint density at radius 2 is 1.88 bits per heavy atom. The van der Waals surface area contributed by atoms with Gasteiger partial charge in [-0.2, -0.15) is 0 Å². The van der Waals surface area contributed by atoms with E-state index in [-0.39, 0.29) is 12.5 Å². The van der Waals surface area contributed by atoms with Crippen molar-refractivity contribution in [3.63, 3.8) is 0 Å². The van der Waals surface area contributed by atoms with Gasteiger partial charge in [0.15, 0.2) is 0 Å². The number of nitrogens with zero attached hydrogens (tertiary/aromatic N) is 5. The Hall–Kier alpha value is -1.26. The molecule has 6 heteroatoms. The molecule has 2 aliphatic rings. The highest BCUT2D eigenvalue weighted by atomic mass is 16.2. The second-order valence-corrected chi connectivity index (χ2v) is 4.74. The largest absolute Gasteiger partial charge is 0.342 e. The second kappa shape index (κ2) is 5.89. The molecule has 2 aliphatic heterocycles. The van der Waals surface area contributed by atoms with Gasteiger partial charge in [-0.05, 0) is 44.3 Å². The van der Waals surface area contributed by atoms with E-state index in [0.29, 0.717) is 6.04 Å². The minimum Gasteiger partial charge on any atom is -0.342 e. The topological polar surface area (TPSA) is 72.3 Å². The Kier molecular flexibility index (Phi) is 4.23. The van der Waals surface area contributed by atoms with Crippen molar-refractivity contribution in [2.75, 3.05) is 32.7 Å². The van der Waals surface area contributed by atoms with Gasteiger partial charge >= 0.3 is 0 Å². The number of carbonyl (C=O) groups is 1. The first kappa shape index (κ1) is 12.2. The third-order valence-corrected chi connectivity index (χ3v) is 3.74. The van der Waals surface area contributed by atoms with Crippen molar-refractivity contribution in [2.45, 2.75) is 31.7 Å². The lowest BCUT2D eigenvalue weighted by Crippen LogP contribution is -2.46. The number of piperidine rings is 1. The summed E-state index contributed by atoms with van der Waals surface area (Å²) in [5.41, 5.74) is 8.18. The standard InChI is InChI=1S/C11H19N5O/c12-14-13-9-11(17)16-7-3-10(4-8-16)15-5-1-2-6-15/h10H,1-9H2. The average Bonchev–Trinajstić information content (AvgIpc) is 2.90. The van der Waals surface area contributed by atoms with Crippen LogP contribution in [0.2, 0.25) is 0 Å². The van der Waals surface area contributed by atoms with Gasteiger partial charge in [-0.3, -0.25) is 4.79 Å². The minimum absolute atomic E-state index is 0.0368. The van der Waals surface area contributed by atoms with Gasteiger partial charge in [-0.25, -0.2) is 0 Å². The van der Waals surface area contributed by atoms with Crippen LogP contribution in [0.15, 0.2) is 5.11 Å². The highest BCUT2D eigenvalue weighted by Crippen LogP contribution is 2.20. The van der Waals surface area contributed by atoms with Gasteiger partial charge in [0.25, 0.3) is 0 Å². The summed E-state index contributed by atoms with van der Waals surface area (Å²) < 4.78 is 0. The molecule has 94 valence electrons. The first-order chi connectivity index (χ1) is 8.31. The molecular weight excluding hydrogens is 218 g/mol. The molecule has 0 spiro atoms. The summed E-state index contributed by atoms with van der Waals surface area (Å²) in [6.45, 7) is 4.02. The van der Waals surface area contributed by atoms with Crippen LogP contribution < -0.4 is 0 Å². The molecule has 0 aromatic heterocycles. The zero-order chi connectivity index (χ0) is 12.1. The van der Waals surface area contributed by atoms with E-state index in [1.54, 1.807) is 0 Å². The lowest BCUT2D eigenvalue weighted by Gasteiger charge is -2.36. The van der Waals surface area contributed by atoms with Gasteiger partial charge in [0, 0.05) is 24.0 Å². The van der Waals surface area contributed by atoms with Gasteiger partial charge in [-0.1, -0.05) is 5.11 Å². The van der Waals surface area contributed by atoms with Crippen molar-refractivity contribution >= 4 is 5.91 Å². The van der Waals surface area contributed by atoms with Crippen LogP contribution in [0.5, 0.6) is 0 Å². The summed E-state index contributed by atoms with van der Waals surface area (Å²) in [6, 6.07) is 0.654. The molecule has 0 saturated carbocycles. The van der Waals surface area contributed by atoms with Gasteiger partial charge in [0.05, 0.1) is 0 Å². The van der Waals surface area contributed by atoms with E-state index in [9.17, 15) is 4.79 Å². The van der Waals surface area contributed by atoms with Gasteiger partial charge < -0.3 is 9.80 Å². The average molecular weight is 237 g/mol. The fourth-order valence-electron chi connectivity index (χ4n) is 2.78. The Morgan fingerprint density at radius 1 is 1.24 bits per heavy atom. The predicted molar refractivity (Wildman–Crippen MR) is 64.4 cm³/mol. The van der Waals surface area contributed by atoms with Crippen LogP contribution in [0, 0.1) is 0 Å². The summed E-state index contributed by atoms with van der Waals surface area (Å²) in [7, 11) is 0. The van der Waals surface area contributed by atoms with E-state index in [1.165, 1.54) is 25.9 Å². The van der Waals surface area contributed by atoms with Crippen molar-refractivity contribution in [3.8, 4) is 0 Å². The van der Waals surface area contributed by atoms with Crippen LogP contribution in [0.25, 0.3) is 10.4 Å². The molecule has 2 heterocycles. The lowest BCUT2D eigenvalue weighted by atomic mass is 10.0. The molecule has 17 heavy (non-hydrogen) atoms. The predicted octanol–water partition coefficient (Wildman–Crippen LogP) is 1.38. The van der Waals surface area contributed by atoms with Crippen LogP contribution >= 0.6 is 0 Å². The Labute approximate surface area is 101 Å². The molecule has 6 nitrogen and oxygen atoms in total. The van der Waals surface area contributed by atoms with Crippen LogP contribution in [0.1, 0.15) is 25.7 Å². The maximum atomic E-state index is 11.6. The number of azide groups is 1. The smallest absolute Gasteiger partial charge is 0.228 e. The van der Waals surface area contributed by atoms with Crippen molar-refractivity contribution in [1.82, 2.24) is 9.80 Å². The second-order valence-electron chi connectivity index (χ2n) is 4.74. The van der Waals surface area contributed by atoms with Gasteiger partial charge in [-0.15, -0.1) is 0 Å². The van der Waals surface area contributed by atoms with E-state index >= 15 is 0 Å². The fraction of sp³-hybridized carbons (Fsp3) is 0.909. The van der Waals surface area contributed by atoms with Crippen LogP contribution in [-0.4, -0.2) is 54.5 Å². The summed E-state index contributed by atoms with van der Waals surface area (Å²) in [4.78, 5) is 18.6. The third kappa shape index (κ3) is 3.11. The molecule has 0 aliphatic carbocycles. The molecule has 0 bridgehead atoms. The lowest BCUT2D eigenvalue weighted by molar-refractivity contribution is -0.131. The number of hydrogen-bond acceptors (Lipinski definition) is 3. The molecule has 0 radical (unpaired) electrons. The number of rotatable bonds is 3. The number of likely N-dealkylation sites (tertiary alicyclic amines) is 2. The highest BCUT2D eigenvalue weighted by Gasteiger charge is 2.27. The minimum atomic E-state index is -0.0392. The molecule has 1 amide bonds. The molecule has 0 unspecified atom stereocenters. The van der Waals surface area contributed by atoms with Gasteiger partial charge in [0.2, 0.25) is 5.91 Å². The van der Waals surface area contributed by atoms with E-state index in [4.69, 9.17) is 5.53 Å². The van der Waals surface area contributed by atoms with Crippen molar-refractivity contribution in [1.29, 1.82) is 0 Å². The maximum absolute atomic E-state index is 11.6. The van der Waals surface area contributed by atoms with Crippen molar-refractivity contribution < 1.29 is 4.79 Å². The molecule has 2 fully saturated rings. The van der Waals surface area contributed by atoms with Crippen LogP contribution in [-0.2, 0) is 4.79 Å². The molecule has 2 rings (SSSR count). The molecule has 0 aromatic rings. The zero-order valence-electron chi connectivity index (χ0n) is 10.1. The van der Waals surface area contributed by atoms with Crippen LogP contribution in [0.4, 0.5) is 0 Å². The molecule has 0 atom stereocenters. The van der Waals surface area contributed by atoms with E-state index in [1.807, 2.05) is 4.90 Å². The normalized spacial score (nSPS) is 22.5. The first-order valence-electron chi connectivity index (χ1n) is 6.34. The number of amides is 1. The highest BCUT2D eigenvalue weighted by molar-refractivity contribution is 5.78. The fourth-order valence-corrected chi connectivity index (χ4v) is 2.78.